The Balaban J connectivity index is 1.58. The van der Waals surface area contributed by atoms with Gasteiger partial charge in [-0.25, -0.2) is 8.42 Å². The van der Waals surface area contributed by atoms with Crippen molar-refractivity contribution < 1.29 is 22.7 Å². The fourth-order valence-electron chi connectivity index (χ4n) is 3.53. The molecule has 0 fully saturated rings. The zero-order valence-electron chi connectivity index (χ0n) is 17.4. The first kappa shape index (κ1) is 22.6. The number of thiophene rings is 1. The average molecular weight is 493 g/mol. The summed E-state index contributed by atoms with van der Waals surface area (Å²) in [6.45, 7) is 0.743. The van der Waals surface area contributed by atoms with Gasteiger partial charge in [-0.05, 0) is 47.7 Å². The second-order valence-corrected chi connectivity index (χ2v) is 10.5. The lowest BCUT2D eigenvalue weighted by Crippen LogP contribution is -2.35. The van der Waals surface area contributed by atoms with Crippen molar-refractivity contribution >= 4 is 44.6 Å². The van der Waals surface area contributed by atoms with Gasteiger partial charge in [-0.1, -0.05) is 17.7 Å². The Morgan fingerprint density at radius 1 is 1.12 bits per heavy atom. The smallest absolute Gasteiger partial charge is 0.255 e. The van der Waals surface area contributed by atoms with Crippen LogP contribution in [0.5, 0.6) is 11.5 Å². The van der Waals surface area contributed by atoms with E-state index >= 15 is 0 Å². The molecule has 1 aliphatic heterocycles. The number of methoxy groups -OCH3 is 2. The van der Waals surface area contributed by atoms with Gasteiger partial charge in [0.25, 0.3) is 5.91 Å². The largest absolute Gasteiger partial charge is 0.495 e. The molecule has 4 rings (SSSR count). The van der Waals surface area contributed by atoms with Crippen molar-refractivity contribution in [1.82, 2.24) is 4.31 Å². The lowest BCUT2D eigenvalue weighted by molar-refractivity contribution is 0.102. The number of nitrogens with one attached hydrogen (secondary N) is 1. The van der Waals surface area contributed by atoms with Crippen molar-refractivity contribution in [3.05, 3.63) is 68.9 Å². The summed E-state index contributed by atoms with van der Waals surface area (Å²) >= 11 is 7.82. The zero-order valence-corrected chi connectivity index (χ0v) is 19.8. The zero-order chi connectivity index (χ0) is 22.9. The number of hydrogen-bond donors (Lipinski definition) is 1. The molecule has 0 aliphatic carbocycles. The van der Waals surface area contributed by atoms with E-state index in [1.54, 1.807) is 29.5 Å². The molecule has 1 aliphatic rings. The number of rotatable bonds is 6. The Kier molecular flexibility index (Phi) is 6.43. The number of sulfonamides is 1. The van der Waals surface area contributed by atoms with Gasteiger partial charge in [-0.2, -0.15) is 4.31 Å². The molecule has 1 N–H and O–H groups in total. The monoisotopic (exact) mass is 492 g/mol. The SMILES string of the molecule is COc1cc(OC)c(NC(=O)c2cccc(S(=O)(=O)N3CCc4sccc4C3)c2)cc1Cl. The van der Waals surface area contributed by atoms with Crippen LogP contribution in [0.3, 0.4) is 0 Å². The molecule has 168 valence electrons. The third-order valence-electron chi connectivity index (χ3n) is 5.23. The molecule has 0 spiro atoms. The van der Waals surface area contributed by atoms with E-state index in [9.17, 15) is 13.2 Å². The number of nitrogens with zero attached hydrogens (tertiary/aromatic N) is 1. The Hall–Kier alpha value is -2.59. The molecule has 7 nitrogen and oxygen atoms in total. The first-order valence-corrected chi connectivity index (χ1v) is 12.4. The molecule has 0 radical (unpaired) electrons. The van der Waals surface area contributed by atoms with Gasteiger partial charge in [0.05, 0.1) is 29.8 Å². The summed E-state index contributed by atoms with van der Waals surface area (Å²) in [6, 6.07) is 11.0. The summed E-state index contributed by atoms with van der Waals surface area (Å²) in [5.41, 5.74) is 1.58. The number of amides is 1. The maximum Gasteiger partial charge on any atom is 0.255 e. The van der Waals surface area contributed by atoms with E-state index in [2.05, 4.69) is 5.32 Å². The predicted molar refractivity (Wildman–Crippen MR) is 125 cm³/mol. The second kappa shape index (κ2) is 9.11. The normalized spacial score (nSPS) is 14.0. The van der Waals surface area contributed by atoms with Crippen LogP contribution in [0.4, 0.5) is 5.69 Å². The topological polar surface area (TPSA) is 84.9 Å². The highest BCUT2D eigenvalue weighted by Gasteiger charge is 2.29. The quantitative estimate of drug-likeness (QED) is 0.550. The van der Waals surface area contributed by atoms with Crippen LogP contribution in [0.25, 0.3) is 0 Å². The van der Waals surface area contributed by atoms with Gasteiger partial charge in [0.15, 0.2) is 0 Å². The number of anilines is 1. The third-order valence-corrected chi connectivity index (χ3v) is 8.39. The summed E-state index contributed by atoms with van der Waals surface area (Å²) in [5.74, 6) is 0.286. The molecule has 0 atom stereocenters. The molecule has 2 aromatic carbocycles. The molecule has 0 unspecified atom stereocenters. The van der Waals surface area contributed by atoms with Crippen LogP contribution in [-0.4, -0.2) is 39.4 Å². The van der Waals surface area contributed by atoms with Gasteiger partial charge < -0.3 is 14.8 Å². The first-order valence-electron chi connectivity index (χ1n) is 9.72. The van der Waals surface area contributed by atoms with Crippen LogP contribution in [0.2, 0.25) is 5.02 Å². The summed E-state index contributed by atoms with van der Waals surface area (Å²) in [4.78, 5) is 14.2. The lowest BCUT2D eigenvalue weighted by Gasteiger charge is -2.26. The van der Waals surface area contributed by atoms with Crippen LogP contribution in [0.15, 0.2) is 52.7 Å². The highest BCUT2D eigenvalue weighted by molar-refractivity contribution is 7.89. The van der Waals surface area contributed by atoms with Crippen molar-refractivity contribution in [2.75, 3.05) is 26.1 Å². The molecule has 3 aromatic rings. The highest BCUT2D eigenvalue weighted by atomic mass is 35.5. The summed E-state index contributed by atoms with van der Waals surface area (Å²) in [5, 5.41) is 5.01. The number of benzene rings is 2. The van der Waals surface area contributed by atoms with Crippen LogP contribution < -0.4 is 14.8 Å². The summed E-state index contributed by atoms with van der Waals surface area (Å²) < 4.78 is 38.3. The van der Waals surface area contributed by atoms with Gasteiger partial charge >= 0.3 is 0 Å². The van der Waals surface area contributed by atoms with Crippen LogP contribution in [0.1, 0.15) is 20.8 Å². The lowest BCUT2D eigenvalue weighted by atomic mass is 10.1. The van der Waals surface area contributed by atoms with E-state index in [0.29, 0.717) is 41.7 Å². The molecular weight excluding hydrogens is 472 g/mol. The first-order chi connectivity index (χ1) is 15.3. The van der Waals surface area contributed by atoms with E-state index in [0.717, 1.165) is 5.56 Å². The number of ether oxygens (including phenoxy) is 2. The Bertz CT molecular complexity index is 1270. The molecule has 0 saturated heterocycles. The van der Waals surface area contributed by atoms with Crippen LogP contribution in [-0.2, 0) is 23.0 Å². The number of carbonyl (C=O) groups excluding carboxylic acids is 1. The van der Waals surface area contributed by atoms with E-state index < -0.39 is 15.9 Å². The van der Waals surface area contributed by atoms with Gasteiger partial charge in [0.2, 0.25) is 10.0 Å². The predicted octanol–water partition coefficient (Wildman–Crippen LogP) is 4.42. The second-order valence-electron chi connectivity index (χ2n) is 7.13. The van der Waals surface area contributed by atoms with E-state index in [-0.39, 0.29) is 10.5 Å². The Morgan fingerprint density at radius 2 is 1.91 bits per heavy atom. The highest BCUT2D eigenvalue weighted by Crippen LogP contribution is 2.36. The fraction of sp³-hybridized carbons (Fsp3) is 0.227. The molecule has 32 heavy (non-hydrogen) atoms. The van der Waals surface area contributed by atoms with Crippen molar-refractivity contribution in [2.24, 2.45) is 0 Å². The Morgan fingerprint density at radius 3 is 2.66 bits per heavy atom. The minimum atomic E-state index is -3.74. The number of halogens is 1. The summed E-state index contributed by atoms with van der Waals surface area (Å²) in [6.07, 6.45) is 0.685. The van der Waals surface area contributed by atoms with Crippen molar-refractivity contribution in [3.8, 4) is 11.5 Å². The maximum absolute atomic E-state index is 13.2. The molecular formula is C22H21ClN2O5S2. The van der Waals surface area contributed by atoms with Crippen molar-refractivity contribution in [2.45, 2.75) is 17.9 Å². The number of fused-ring (bicyclic) bond motifs is 1. The molecule has 0 bridgehead atoms. The van der Waals surface area contributed by atoms with Crippen LogP contribution >= 0.6 is 22.9 Å². The van der Waals surface area contributed by atoms with Gasteiger partial charge in [-0.15, -0.1) is 11.3 Å². The van der Waals surface area contributed by atoms with Crippen molar-refractivity contribution in [1.29, 1.82) is 0 Å². The molecule has 2 heterocycles. The average Bonchev–Trinajstić information content (AvgIpc) is 3.27. The van der Waals surface area contributed by atoms with Gasteiger partial charge in [-0.3, -0.25) is 4.79 Å². The summed E-state index contributed by atoms with van der Waals surface area (Å²) in [7, 11) is -0.805. The van der Waals surface area contributed by atoms with Gasteiger partial charge in [0, 0.05) is 29.6 Å². The molecule has 1 aromatic heterocycles. The maximum atomic E-state index is 13.2. The third kappa shape index (κ3) is 4.33. The van der Waals surface area contributed by atoms with E-state index in [1.165, 1.54) is 41.6 Å². The van der Waals surface area contributed by atoms with Crippen LogP contribution in [0, 0.1) is 0 Å². The molecule has 10 heteroatoms. The minimum absolute atomic E-state index is 0.0727. The molecule has 0 saturated carbocycles. The minimum Gasteiger partial charge on any atom is -0.495 e. The fourth-order valence-corrected chi connectivity index (χ4v) is 6.12. The Labute approximate surface area is 195 Å². The van der Waals surface area contributed by atoms with E-state index in [4.69, 9.17) is 21.1 Å². The van der Waals surface area contributed by atoms with E-state index in [1.807, 2.05) is 11.4 Å². The number of carbonyl (C=O) groups is 1. The standard InChI is InChI=1S/C22H21ClN2O5S2/c1-29-19-12-20(30-2)18(11-17(19)23)24-22(26)14-4-3-5-16(10-14)32(27,28)25-8-6-21-15(13-25)7-9-31-21/h3-5,7,9-12H,6,8,13H2,1-2H3,(H,24,26). The molecule has 1 amide bonds. The van der Waals surface area contributed by atoms with Gasteiger partial charge in [0.1, 0.15) is 11.5 Å². The van der Waals surface area contributed by atoms with Crippen molar-refractivity contribution in [3.63, 3.8) is 0 Å². The number of hydrogen-bond acceptors (Lipinski definition) is 6.